The van der Waals surface area contributed by atoms with Gasteiger partial charge in [-0.15, -0.1) is 0 Å². The molecule has 18 heavy (non-hydrogen) atoms. The molecule has 0 bridgehead atoms. The van der Waals surface area contributed by atoms with Crippen LogP contribution >= 0.6 is 0 Å². The van der Waals surface area contributed by atoms with Gasteiger partial charge >= 0.3 is 12.1 Å². The van der Waals surface area contributed by atoms with Gasteiger partial charge in [0, 0.05) is 20.0 Å². The number of carbonyl (C=O) groups excluding carboxylic acids is 1. The van der Waals surface area contributed by atoms with Crippen molar-refractivity contribution in [2.45, 2.75) is 51.6 Å². The average molecular weight is 255 g/mol. The maximum atomic E-state index is 10.9. The van der Waals surface area contributed by atoms with E-state index in [1.54, 1.807) is 0 Å². The Morgan fingerprint density at radius 2 is 1.72 bits per heavy atom. The molecule has 0 aromatic rings. The number of carboxylic acid groups (broad SMARTS) is 1. The highest BCUT2D eigenvalue weighted by Crippen LogP contribution is 2.45. The summed E-state index contributed by atoms with van der Waals surface area (Å²) in [6.07, 6.45) is 5.12. The molecule has 0 aromatic heterocycles. The number of ether oxygens (including phenoxy) is 1. The molecule has 1 heterocycles. The van der Waals surface area contributed by atoms with E-state index in [0.29, 0.717) is 18.5 Å². The number of rotatable bonds is 1. The first-order valence-corrected chi connectivity index (χ1v) is 6.66. The van der Waals surface area contributed by atoms with Crippen molar-refractivity contribution in [2.24, 2.45) is 5.41 Å². The Morgan fingerprint density at radius 1 is 1.17 bits per heavy atom. The van der Waals surface area contributed by atoms with Crippen molar-refractivity contribution in [3.8, 4) is 0 Å². The minimum atomic E-state index is -0.807. The van der Waals surface area contributed by atoms with Crippen LogP contribution in [0.2, 0.25) is 0 Å². The highest BCUT2D eigenvalue weighted by atomic mass is 16.5. The molecule has 2 rings (SSSR count). The number of hydrogen-bond acceptors (Lipinski definition) is 3. The highest BCUT2D eigenvalue weighted by molar-refractivity contribution is 5.66. The third kappa shape index (κ3) is 2.94. The van der Waals surface area contributed by atoms with Crippen molar-refractivity contribution < 1.29 is 19.4 Å². The van der Waals surface area contributed by atoms with Gasteiger partial charge in [-0.3, -0.25) is 4.79 Å². The summed E-state index contributed by atoms with van der Waals surface area (Å²) in [4.78, 5) is 23.3. The quantitative estimate of drug-likeness (QED) is 0.730. The van der Waals surface area contributed by atoms with Crippen molar-refractivity contribution in [3.63, 3.8) is 0 Å². The zero-order valence-electron chi connectivity index (χ0n) is 10.9. The van der Waals surface area contributed by atoms with E-state index >= 15 is 0 Å². The lowest BCUT2D eigenvalue weighted by molar-refractivity contribution is -0.149. The normalized spacial score (nSPS) is 23.9. The van der Waals surface area contributed by atoms with Gasteiger partial charge in [-0.2, -0.15) is 0 Å². The Hall–Kier alpha value is -1.26. The van der Waals surface area contributed by atoms with Gasteiger partial charge in [-0.25, -0.2) is 4.79 Å². The van der Waals surface area contributed by atoms with Crippen LogP contribution in [0, 0.1) is 5.41 Å². The van der Waals surface area contributed by atoms with Crippen LogP contribution in [0.3, 0.4) is 0 Å². The maximum absolute atomic E-state index is 10.9. The van der Waals surface area contributed by atoms with Crippen LogP contribution in [0.5, 0.6) is 0 Å². The monoisotopic (exact) mass is 255 g/mol. The maximum Gasteiger partial charge on any atom is 0.407 e. The number of piperidine rings is 1. The molecule has 2 aliphatic rings. The van der Waals surface area contributed by atoms with Gasteiger partial charge < -0.3 is 14.7 Å². The lowest BCUT2D eigenvalue weighted by atomic mass is 9.67. The molecular formula is C13H21NO4. The number of hydrogen-bond donors (Lipinski definition) is 1. The minimum Gasteiger partial charge on any atom is -0.465 e. The SMILES string of the molecule is CC(=O)OC1CCC2(CC1)CCN(C(=O)O)CC2. The van der Waals surface area contributed by atoms with E-state index < -0.39 is 6.09 Å². The minimum absolute atomic E-state index is 0.0747. The zero-order chi connectivity index (χ0) is 13.2. The smallest absolute Gasteiger partial charge is 0.407 e. The van der Waals surface area contributed by atoms with E-state index in [1.165, 1.54) is 11.8 Å². The molecule has 5 heteroatoms. The van der Waals surface area contributed by atoms with E-state index in [2.05, 4.69) is 0 Å². The fourth-order valence-electron chi connectivity index (χ4n) is 3.23. The van der Waals surface area contributed by atoms with Crippen LogP contribution in [-0.4, -0.2) is 41.3 Å². The van der Waals surface area contributed by atoms with Crippen LogP contribution in [0.1, 0.15) is 45.4 Å². The molecule has 2 fully saturated rings. The third-order valence-corrected chi connectivity index (χ3v) is 4.42. The predicted octanol–water partition coefficient (Wildman–Crippen LogP) is 2.25. The Morgan fingerprint density at radius 3 is 2.17 bits per heavy atom. The van der Waals surface area contributed by atoms with Gasteiger partial charge in [-0.05, 0) is 43.9 Å². The molecule has 0 unspecified atom stereocenters. The second-order valence-corrected chi connectivity index (χ2v) is 5.58. The van der Waals surface area contributed by atoms with Crippen LogP contribution in [0.4, 0.5) is 4.79 Å². The van der Waals surface area contributed by atoms with Crippen LogP contribution in [0.25, 0.3) is 0 Å². The summed E-state index contributed by atoms with van der Waals surface area (Å²) in [7, 11) is 0. The van der Waals surface area contributed by atoms with Crippen molar-refractivity contribution in [3.05, 3.63) is 0 Å². The number of esters is 1. The van der Waals surface area contributed by atoms with Crippen LogP contribution < -0.4 is 0 Å². The molecule has 0 aromatic carbocycles. The van der Waals surface area contributed by atoms with Crippen molar-refractivity contribution >= 4 is 12.1 Å². The van der Waals surface area contributed by atoms with Gasteiger partial charge in [0.25, 0.3) is 0 Å². The number of carbonyl (C=O) groups is 2. The molecule has 1 N–H and O–H groups in total. The van der Waals surface area contributed by atoms with Crippen LogP contribution in [0.15, 0.2) is 0 Å². The van der Waals surface area contributed by atoms with E-state index in [1.807, 2.05) is 0 Å². The molecule has 1 aliphatic heterocycles. The highest BCUT2D eigenvalue weighted by Gasteiger charge is 2.39. The lowest BCUT2D eigenvalue weighted by Crippen LogP contribution is -2.44. The van der Waals surface area contributed by atoms with E-state index in [-0.39, 0.29) is 12.1 Å². The zero-order valence-corrected chi connectivity index (χ0v) is 10.9. The fourth-order valence-corrected chi connectivity index (χ4v) is 3.23. The Balaban J connectivity index is 1.82. The number of nitrogens with zero attached hydrogens (tertiary/aromatic N) is 1. The van der Waals surface area contributed by atoms with E-state index in [0.717, 1.165) is 38.5 Å². The predicted molar refractivity (Wildman–Crippen MR) is 65.3 cm³/mol. The molecule has 1 saturated heterocycles. The molecule has 1 spiro atoms. The topological polar surface area (TPSA) is 66.8 Å². The molecular weight excluding hydrogens is 234 g/mol. The Labute approximate surface area is 107 Å². The largest absolute Gasteiger partial charge is 0.465 e. The second-order valence-electron chi connectivity index (χ2n) is 5.58. The second kappa shape index (κ2) is 5.16. The summed E-state index contributed by atoms with van der Waals surface area (Å²) >= 11 is 0. The summed E-state index contributed by atoms with van der Waals surface area (Å²) in [5, 5.41) is 8.93. The molecule has 5 nitrogen and oxygen atoms in total. The van der Waals surface area contributed by atoms with Gasteiger partial charge in [0.2, 0.25) is 0 Å². The summed E-state index contributed by atoms with van der Waals surface area (Å²) in [5.74, 6) is -0.198. The first-order chi connectivity index (χ1) is 8.51. The van der Waals surface area contributed by atoms with Crippen LogP contribution in [-0.2, 0) is 9.53 Å². The lowest BCUT2D eigenvalue weighted by Gasteiger charge is -2.45. The van der Waals surface area contributed by atoms with E-state index in [4.69, 9.17) is 9.84 Å². The molecule has 102 valence electrons. The standard InChI is InChI=1S/C13H21NO4/c1-10(15)18-11-2-4-13(5-3-11)6-8-14(9-7-13)12(16)17/h11H,2-9H2,1H3,(H,16,17). The summed E-state index contributed by atoms with van der Waals surface area (Å²) < 4.78 is 5.24. The molecule has 0 radical (unpaired) electrons. The molecule has 0 atom stereocenters. The average Bonchev–Trinajstić information content (AvgIpc) is 2.32. The van der Waals surface area contributed by atoms with E-state index in [9.17, 15) is 9.59 Å². The van der Waals surface area contributed by atoms with Gasteiger partial charge in [0.05, 0.1) is 0 Å². The first kappa shape index (κ1) is 13.2. The molecule has 1 saturated carbocycles. The Kier molecular flexibility index (Phi) is 3.78. The summed E-state index contributed by atoms with van der Waals surface area (Å²) in [6.45, 7) is 2.75. The van der Waals surface area contributed by atoms with Gasteiger partial charge in [0.1, 0.15) is 6.10 Å². The Bertz CT molecular complexity index is 324. The first-order valence-electron chi connectivity index (χ1n) is 6.66. The van der Waals surface area contributed by atoms with Crippen molar-refractivity contribution in [1.29, 1.82) is 0 Å². The summed E-state index contributed by atoms with van der Waals surface area (Å²) in [6, 6.07) is 0. The molecule has 1 aliphatic carbocycles. The number of likely N-dealkylation sites (tertiary alicyclic amines) is 1. The molecule has 1 amide bonds. The fraction of sp³-hybridized carbons (Fsp3) is 0.846. The number of amides is 1. The van der Waals surface area contributed by atoms with Crippen molar-refractivity contribution in [1.82, 2.24) is 4.90 Å². The van der Waals surface area contributed by atoms with Crippen molar-refractivity contribution in [2.75, 3.05) is 13.1 Å². The third-order valence-electron chi connectivity index (χ3n) is 4.42. The van der Waals surface area contributed by atoms with Gasteiger partial charge in [-0.1, -0.05) is 0 Å². The van der Waals surface area contributed by atoms with Gasteiger partial charge in [0.15, 0.2) is 0 Å². The summed E-state index contributed by atoms with van der Waals surface area (Å²) in [5.41, 5.74) is 0.294.